The summed E-state index contributed by atoms with van der Waals surface area (Å²) < 4.78 is 1.81. The molecule has 0 radical (unpaired) electrons. The van der Waals surface area contributed by atoms with Gasteiger partial charge in [0, 0.05) is 42.5 Å². The second-order valence-electron chi connectivity index (χ2n) is 9.21. The highest BCUT2D eigenvalue weighted by molar-refractivity contribution is 7.27. The zero-order valence-electron chi connectivity index (χ0n) is 21.6. The van der Waals surface area contributed by atoms with Gasteiger partial charge in [-0.2, -0.15) is 5.10 Å². The summed E-state index contributed by atoms with van der Waals surface area (Å²) in [7, 11) is 4.75. The lowest BCUT2D eigenvalue weighted by Gasteiger charge is -2.22. The van der Waals surface area contributed by atoms with Gasteiger partial charge >= 0.3 is 0 Å². The van der Waals surface area contributed by atoms with Crippen LogP contribution >= 0.6 is 9.24 Å². The largest absolute Gasteiger partial charge is 0.383 e. The Labute approximate surface area is 223 Å². The van der Waals surface area contributed by atoms with Crippen LogP contribution in [-0.2, 0) is 18.3 Å². The molecular weight excluding hydrogens is 493 g/mol. The number of nitrogen functional groups attached to an aromatic ring is 1. The van der Waals surface area contributed by atoms with E-state index in [1.807, 2.05) is 54.2 Å². The molecule has 0 saturated carbocycles. The molecule has 0 saturated heterocycles. The Morgan fingerprint density at radius 2 is 1.92 bits per heavy atom. The molecule has 192 valence electrons. The fourth-order valence-electron chi connectivity index (χ4n) is 4.54. The third-order valence-corrected chi connectivity index (χ3v) is 7.00. The quantitative estimate of drug-likeness (QED) is 0.264. The Morgan fingerprint density at radius 1 is 1.08 bits per heavy atom. The van der Waals surface area contributed by atoms with E-state index >= 15 is 0 Å². The van der Waals surface area contributed by atoms with E-state index in [0.29, 0.717) is 17.3 Å². The van der Waals surface area contributed by atoms with Gasteiger partial charge in [0.2, 0.25) is 5.91 Å². The van der Waals surface area contributed by atoms with Crippen LogP contribution in [0.2, 0.25) is 0 Å². The summed E-state index contributed by atoms with van der Waals surface area (Å²) in [5.41, 5.74) is 10.9. The first kappa shape index (κ1) is 25.4. The smallest absolute Gasteiger partial charge is 0.221 e. The van der Waals surface area contributed by atoms with Gasteiger partial charge in [-0.15, -0.1) is 9.24 Å². The molecule has 0 fully saturated rings. The van der Waals surface area contributed by atoms with Crippen LogP contribution in [0.15, 0.2) is 72.9 Å². The van der Waals surface area contributed by atoms with E-state index in [4.69, 9.17) is 15.8 Å². The summed E-state index contributed by atoms with van der Waals surface area (Å²) in [4.78, 5) is 20.7. The molecule has 38 heavy (non-hydrogen) atoms. The topological polar surface area (TPSA) is 111 Å². The van der Waals surface area contributed by atoms with Crippen LogP contribution in [0.3, 0.4) is 0 Å². The van der Waals surface area contributed by atoms with Gasteiger partial charge < -0.3 is 16.4 Å². The van der Waals surface area contributed by atoms with Crippen LogP contribution in [0, 0.1) is 0 Å². The molecule has 0 aliphatic carbocycles. The van der Waals surface area contributed by atoms with E-state index in [9.17, 15) is 4.79 Å². The second-order valence-corrected chi connectivity index (χ2v) is 9.83. The molecule has 3 aromatic carbocycles. The van der Waals surface area contributed by atoms with Crippen molar-refractivity contribution < 1.29 is 4.79 Å². The number of anilines is 3. The minimum Gasteiger partial charge on any atom is -0.383 e. The van der Waals surface area contributed by atoms with Crippen LogP contribution in [0.25, 0.3) is 22.2 Å². The second kappa shape index (κ2) is 10.6. The summed E-state index contributed by atoms with van der Waals surface area (Å²) in [6, 6.07) is 21.8. The molecule has 2 heterocycles. The summed E-state index contributed by atoms with van der Waals surface area (Å²) >= 11 is 0. The minimum atomic E-state index is -0.282. The normalized spacial score (nSPS) is 11.9. The number of aryl methyl sites for hydroxylation is 2. The maximum Gasteiger partial charge on any atom is 0.221 e. The number of carbonyl (C=O) groups excluding carboxylic acids is 1. The summed E-state index contributed by atoms with van der Waals surface area (Å²) in [6.07, 6.45) is 2.64. The number of benzene rings is 3. The van der Waals surface area contributed by atoms with Crippen LogP contribution < -0.4 is 21.7 Å². The number of nitrogens with zero attached hydrogens (tertiary/aromatic N) is 4. The first-order valence-electron chi connectivity index (χ1n) is 12.4. The fraction of sp³-hybridized carbons (Fsp3) is 0.172. The van der Waals surface area contributed by atoms with Crippen molar-refractivity contribution >= 4 is 48.4 Å². The predicted octanol–water partition coefficient (Wildman–Crippen LogP) is 4.84. The molecule has 1 amide bonds. The van der Waals surface area contributed by atoms with Crippen molar-refractivity contribution in [1.82, 2.24) is 19.7 Å². The average molecular weight is 524 g/mol. The summed E-state index contributed by atoms with van der Waals surface area (Å²) in [6.45, 7) is 3.64. The third-order valence-electron chi connectivity index (χ3n) is 6.47. The van der Waals surface area contributed by atoms with Gasteiger partial charge in [-0.25, -0.2) is 9.97 Å². The van der Waals surface area contributed by atoms with E-state index in [1.165, 1.54) is 12.5 Å². The Morgan fingerprint density at radius 3 is 2.71 bits per heavy atom. The summed E-state index contributed by atoms with van der Waals surface area (Å²) in [5.74, 6) is 1.72. The Kier molecular flexibility index (Phi) is 7.07. The van der Waals surface area contributed by atoms with Crippen molar-refractivity contribution in [2.75, 3.05) is 16.4 Å². The number of fused-ring (bicyclic) bond motifs is 1. The number of nitrogens with two attached hydrogens (primary N) is 1. The maximum atomic E-state index is 11.6. The van der Waals surface area contributed by atoms with Gasteiger partial charge in [0.1, 0.15) is 11.9 Å². The molecule has 4 N–H and O–H groups in total. The first-order chi connectivity index (χ1) is 18.3. The van der Waals surface area contributed by atoms with E-state index in [-0.39, 0.29) is 11.9 Å². The Balaban J connectivity index is 1.60. The van der Waals surface area contributed by atoms with Gasteiger partial charge in [-0.1, -0.05) is 37.3 Å². The van der Waals surface area contributed by atoms with Crippen LogP contribution in [-0.4, -0.2) is 25.7 Å². The molecular formula is C29H30N7OP. The Hall–Kier alpha value is -4.29. The lowest BCUT2D eigenvalue weighted by atomic mass is 10.0. The molecule has 5 aromatic rings. The molecule has 0 aliphatic heterocycles. The Bertz CT molecular complexity index is 1650. The molecule has 2 unspecified atom stereocenters. The van der Waals surface area contributed by atoms with E-state index in [0.717, 1.165) is 45.1 Å². The van der Waals surface area contributed by atoms with Crippen molar-refractivity contribution in [2.24, 2.45) is 7.05 Å². The molecule has 5 rings (SSSR count). The van der Waals surface area contributed by atoms with Crippen LogP contribution in [0.5, 0.6) is 0 Å². The SMILES string of the molecule is CCc1ccc(P)c(C(Nc2ccc3c(N)nccc3c2)c2nc(-c3cccc(NC(C)=O)c3)nn2C)c1. The number of carbonyl (C=O) groups is 1. The standard InChI is InChI=1S/C29H30N7OP/c1-4-18-8-11-25(38)24(14-18)26(33-22-9-10-23-19(15-22)12-13-31-27(23)30)29-34-28(35-36(29)3)20-6-5-7-21(16-20)32-17(2)37/h5-16,26,33H,4,38H2,1-3H3,(H2,30,31)(H,32,37). The number of aromatic nitrogens is 4. The van der Waals surface area contributed by atoms with Gasteiger partial charge in [-0.3, -0.25) is 9.48 Å². The number of amides is 1. The highest BCUT2D eigenvalue weighted by atomic mass is 31.0. The molecule has 0 spiro atoms. The lowest BCUT2D eigenvalue weighted by Crippen LogP contribution is -2.21. The lowest BCUT2D eigenvalue weighted by molar-refractivity contribution is -0.114. The van der Waals surface area contributed by atoms with Crippen molar-refractivity contribution in [3.05, 3.63) is 89.9 Å². The highest BCUT2D eigenvalue weighted by Gasteiger charge is 2.24. The van der Waals surface area contributed by atoms with E-state index < -0.39 is 0 Å². The number of rotatable bonds is 7. The molecule has 0 aliphatic rings. The zero-order valence-corrected chi connectivity index (χ0v) is 22.7. The van der Waals surface area contributed by atoms with Gasteiger partial charge in [0.15, 0.2) is 11.6 Å². The van der Waals surface area contributed by atoms with Gasteiger partial charge in [0.05, 0.1) is 0 Å². The van der Waals surface area contributed by atoms with E-state index in [1.54, 1.807) is 6.20 Å². The van der Waals surface area contributed by atoms with Gasteiger partial charge in [0.25, 0.3) is 0 Å². The molecule has 0 bridgehead atoms. The van der Waals surface area contributed by atoms with Gasteiger partial charge in [-0.05, 0) is 64.6 Å². The number of hydrogen-bond donors (Lipinski definition) is 3. The van der Waals surface area contributed by atoms with E-state index in [2.05, 4.69) is 56.0 Å². The monoisotopic (exact) mass is 523 g/mol. The third kappa shape index (κ3) is 5.22. The fourth-order valence-corrected chi connectivity index (χ4v) is 4.89. The number of pyridine rings is 1. The summed E-state index contributed by atoms with van der Waals surface area (Å²) in [5, 5.41) is 14.3. The predicted molar refractivity (Wildman–Crippen MR) is 158 cm³/mol. The van der Waals surface area contributed by atoms with Crippen molar-refractivity contribution in [2.45, 2.75) is 26.3 Å². The number of hydrogen-bond acceptors (Lipinski definition) is 6. The highest BCUT2D eigenvalue weighted by Crippen LogP contribution is 2.31. The van der Waals surface area contributed by atoms with Crippen LogP contribution in [0.4, 0.5) is 17.2 Å². The average Bonchev–Trinajstić information content (AvgIpc) is 3.29. The first-order valence-corrected chi connectivity index (χ1v) is 13.0. The molecule has 9 heteroatoms. The van der Waals surface area contributed by atoms with Crippen molar-refractivity contribution in [3.8, 4) is 11.4 Å². The minimum absolute atomic E-state index is 0.127. The van der Waals surface area contributed by atoms with Crippen molar-refractivity contribution in [1.29, 1.82) is 0 Å². The maximum absolute atomic E-state index is 11.6. The molecule has 2 aromatic heterocycles. The number of nitrogens with one attached hydrogen (secondary N) is 2. The zero-order chi connectivity index (χ0) is 26.8. The van der Waals surface area contributed by atoms with Crippen LogP contribution in [0.1, 0.15) is 36.8 Å². The molecule has 2 atom stereocenters. The molecule has 8 nitrogen and oxygen atoms in total. The van der Waals surface area contributed by atoms with Crippen molar-refractivity contribution in [3.63, 3.8) is 0 Å².